The van der Waals surface area contributed by atoms with Gasteiger partial charge in [0.25, 0.3) is 0 Å². The maximum Gasteiger partial charge on any atom is 0.0537 e. The van der Waals surface area contributed by atoms with Gasteiger partial charge in [0.1, 0.15) is 0 Å². The van der Waals surface area contributed by atoms with Crippen LogP contribution in [0.4, 0.5) is 0 Å². The van der Waals surface area contributed by atoms with E-state index in [1.54, 1.807) is 0 Å². The lowest BCUT2D eigenvalue weighted by Gasteiger charge is -2.18. The summed E-state index contributed by atoms with van der Waals surface area (Å²) in [5, 5.41) is 8.74. The van der Waals surface area contributed by atoms with Gasteiger partial charge in [0, 0.05) is 35.3 Å². The van der Waals surface area contributed by atoms with Crippen molar-refractivity contribution in [1.29, 1.82) is 0 Å². The lowest BCUT2D eigenvalue weighted by molar-refractivity contribution is 0.575. The smallest absolute Gasteiger partial charge is 0.0537 e. The molecule has 0 aliphatic heterocycles. The highest BCUT2D eigenvalue weighted by Gasteiger charge is 2.14. The molecule has 1 rings (SSSR count). The predicted octanol–water partition coefficient (Wildman–Crippen LogP) is 3.48. The highest BCUT2D eigenvalue weighted by Crippen LogP contribution is 2.22. The summed E-state index contributed by atoms with van der Waals surface area (Å²) in [6, 6.07) is 0.434. The molecule has 0 spiro atoms. The minimum Gasteiger partial charge on any atom is -0.309 e. The zero-order valence-corrected chi connectivity index (χ0v) is 13.0. The van der Waals surface area contributed by atoms with E-state index in [4.69, 9.17) is 0 Å². The normalized spacial score (nSPS) is 14.7. The molecule has 2 unspecified atom stereocenters. The molecule has 0 amide bonds. The second-order valence-electron chi connectivity index (χ2n) is 4.69. The summed E-state index contributed by atoms with van der Waals surface area (Å²) in [6.45, 7) is 10.9. The molecule has 104 valence electrons. The first kappa shape index (κ1) is 15.6. The average molecular weight is 269 g/mol. The summed E-state index contributed by atoms with van der Waals surface area (Å²) < 4.78 is 2.00. The Bertz CT molecular complexity index is 325. The molecule has 1 N–H and O–H groups in total. The van der Waals surface area contributed by atoms with Crippen LogP contribution in [0, 0.1) is 0 Å². The molecule has 1 aromatic rings. The van der Waals surface area contributed by atoms with Crippen LogP contribution in [0.2, 0.25) is 0 Å². The van der Waals surface area contributed by atoms with Gasteiger partial charge in [0.05, 0.1) is 6.20 Å². The van der Waals surface area contributed by atoms with Gasteiger partial charge in [-0.3, -0.25) is 4.68 Å². The van der Waals surface area contributed by atoms with E-state index in [-0.39, 0.29) is 0 Å². The molecular weight excluding hydrogens is 242 g/mol. The van der Waals surface area contributed by atoms with E-state index < -0.39 is 0 Å². The summed E-state index contributed by atoms with van der Waals surface area (Å²) in [6.07, 6.45) is 6.59. The standard InChI is InChI=1S/C14H27N3S/c1-5-8-15-14(11-18-12(4)6-2)13-9-16-17(7-3)10-13/h9-10,12,14-15H,5-8,11H2,1-4H3. The summed E-state index contributed by atoms with van der Waals surface area (Å²) in [5.41, 5.74) is 1.32. The van der Waals surface area contributed by atoms with Crippen molar-refractivity contribution in [3.8, 4) is 0 Å². The van der Waals surface area contributed by atoms with Crippen LogP contribution in [0.3, 0.4) is 0 Å². The third-order valence-corrected chi connectivity index (χ3v) is 4.57. The largest absolute Gasteiger partial charge is 0.309 e. The van der Waals surface area contributed by atoms with Crippen LogP contribution >= 0.6 is 11.8 Å². The van der Waals surface area contributed by atoms with E-state index in [1.807, 2.05) is 22.6 Å². The van der Waals surface area contributed by atoms with Gasteiger partial charge in [-0.05, 0) is 26.3 Å². The Kier molecular flexibility index (Phi) is 7.44. The number of thioether (sulfide) groups is 1. The first-order valence-corrected chi connectivity index (χ1v) is 8.13. The molecule has 0 radical (unpaired) electrons. The Labute approximate surface area is 116 Å². The van der Waals surface area contributed by atoms with Crippen LogP contribution < -0.4 is 5.32 Å². The van der Waals surface area contributed by atoms with Crippen molar-refractivity contribution >= 4 is 11.8 Å². The van der Waals surface area contributed by atoms with E-state index in [1.165, 1.54) is 18.4 Å². The summed E-state index contributed by atoms with van der Waals surface area (Å²) in [5.74, 6) is 1.13. The highest BCUT2D eigenvalue weighted by atomic mass is 32.2. The number of aryl methyl sites for hydroxylation is 1. The average Bonchev–Trinajstić information content (AvgIpc) is 2.87. The fraction of sp³-hybridized carbons (Fsp3) is 0.786. The Morgan fingerprint density at radius 3 is 2.72 bits per heavy atom. The van der Waals surface area contributed by atoms with Crippen molar-refractivity contribution in [2.24, 2.45) is 0 Å². The zero-order chi connectivity index (χ0) is 13.4. The number of aromatic nitrogens is 2. The first-order valence-electron chi connectivity index (χ1n) is 7.08. The molecule has 0 aliphatic carbocycles. The first-order chi connectivity index (χ1) is 8.71. The second kappa shape index (κ2) is 8.59. The van der Waals surface area contributed by atoms with E-state index >= 15 is 0 Å². The topological polar surface area (TPSA) is 29.9 Å². The molecule has 0 bridgehead atoms. The molecule has 0 saturated carbocycles. The Hall–Kier alpha value is -0.480. The molecule has 1 heterocycles. The number of hydrogen-bond donors (Lipinski definition) is 1. The van der Waals surface area contributed by atoms with Crippen LogP contribution in [0.25, 0.3) is 0 Å². The molecule has 0 saturated heterocycles. The van der Waals surface area contributed by atoms with Crippen molar-refractivity contribution in [3.05, 3.63) is 18.0 Å². The molecule has 0 fully saturated rings. The van der Waals surface area contributed by atoms with Gasteiger partial charge in [-0.1, -0.05) is 20.8 Å². The van der Waals surface area contributed by atoms with Crippen molar-refractivity contribution in [2.45, 2.75) is 58.4 Å². The molecule has 4 heteroatoms. The van der Waals surface area contributed by atoms with Gasteiger partial charge in [-0.2, -0.15) is 16.9 Å². The number of nitrogens with one attached hydrogen (secondary N) is 1. The van der Waals surface area contributed by atoms with Gasteiger partial charge in [0.2, 0.25) is 0 Å². The zero-order valence-electron chi connectivity index (χ0n) is 12.1. The van der Waals surface area contributed by atoms with E-state index in [0.29, 0.717) is 6.04 Å². The lowest BCUT2D eigenvalue weighted by Crippen LogP contribution is -2.24. The minimum absolute atomic E-state index is 0.434. The number of rotatable bonds is 9. The predicted molar refractivity (Wildman–Crippen MR) is 81.1 cm³/mol. The SMILES string of the molecule is CCCNC(CSC(C)CC)c1cnn(CC)c1. The van der Waals surface area contributed by atoms with Gasteiger partial charge in [-0.15, -0.1) is 0 Å². The van der Waals surface area contributed by atoms with Crippen LogP contribution in [-0.4, -0.2) is 27.3 Å². The van der Waals surface area contributed by atoms with Gasteiger partial charge < -0.3 is 5.32 Å². The van der Waals surface area contributed by atoms with Crippen molar-refractivity contribution < 1.29 is 0 Å². The van der Waals surface area contributed by atoms with Crippen LogP contribution in [-0.2, 0) is 6.54 Å². The van der Waals surface area contributed by atoms with Crippen molar-refractivity contribution in [3.63, 3.8) is 0 Å². The Balaban J connectivity index is 2.58. The lowest BCUT2D eigenvalue weighted by atomic mass is 10.2. The maximum absolute atomic E-state index is 4.38. The number of hydrogen-bond acceptors (Lipinski definition) is 3. The van der Waals surface area contributed by atoms with Crippen molar-refractivity contribution in [1.82, 2.24) is 15.1 Å². The minimum atomic E-state index is 0.434. The third-order valence-electron chi connectivity index (χ3n) is 3.14. The van der Waals surface area contributed by atoms with E-state index in [9.17, 15) is 0 Å². The molecule has 0 aromatic carbocycles. The monoisotopic (exact) mass is 269 g/mol. The fourth-order valence-corrected chi connectivity index (χ4v) is 2.77. The second-order valence-corrected chi connectivity index (χ2v) is 6.16. The fourth-order valence-electron chi connectivity index (χ4n) is 1.70. The molecule has 3 nitrogen and oxygen atoms in total. The van der Waals surface area contributed by atoms with E-state index in [0.717, 1.165) is 24.1 Å². The van der Waals surface area contributed by atoms with Gasteiger partial charge >= 0.3 is 0 Å². The summed E-state index contributed by atoms with van der Waals surface area (Å²) in [7, 11) is 0. The third kappa shape index (κ3) is 5.02. The molecule has 0 aliphatic rings. The quantitative estimate of drug-likeness (QED) is 0.744. The Morgan fingerprint density at radius 2 is 2.17 bits per heavy atom. The molecular formula is C14H27N3S. The van der Waals surface area contributed by atoms with E-state index in [2.05, 4.69) is 44.3 Å². The van der Waals surface area contributed by atoms with Crippen LogP contribution in [0.15, 0.2) is 12.4 Å². The summed E-state index contributed by atoms with van der Waals surface area (Å²) >= 11 is 2.05. The van der Waals surface area contributed by atoms with Gasteiger partial charge in [0.15, 0.2) is 0 Å². The number of nitrogens with zero attached hydrogens (tertiary/aromatic N) is 2. The molecule has 18 heavy (non-hydrogen) atoms. The highest BCUT2D eigenvalue weighted by molar-refractivity contribution is 7.99. The maximum atomic E-state index is 4.38. The summed E-state index contributed by atoms with van der Waals surface area (Å²) in [4.78, 5) is 0. The van der Waals surface area contributed by atoms with Gasteiger partial charge in [-0.25, -0.2) is 0 Å². The Morgan fingerprint density at radius 1 is 1.39 bits per heavy atom. The molecule has 1 aromatic heterocycles. The van der Waals surface area contributed by atoms with Crippen LogP contribution in [0.5, 0.6) is 0 Å². The van der Waals surface area contributed by atoms with Crippen LogP contribution in [0.1, 0.15) is 52.1 Å². The molecule has 2 atom stereocenters. The van der Waals surface area contributed by atoms with Crippen molar-refractivity contribution in [2.75, 3.05) is 12.3 Å².